The van der Waals surface area contributed by atoms with Crippen molar-refractivity contribution in [3.8, 4) is 0 Å². The molecule has 0 radical (unpaired) electrons. The van der Waals surface area contributed by atoms with Crippen molar-refractivity contribution in [2.75, 3.05) is 11.4 Å². The molecule has 1 aliphatic carbocycles. The van der Waals surface area contributed by atoms with E-state index in [9.17, 15) is 0 Å². The fourth-order valence-corrected chi connectivity index (χ4v) is 1.78. The van der Waals surface area contributed by atoms with Crippen LogP contribution in [-0.4, -0.2) is 27.8 Å². The van der Waals surface area contributed by atoms with Gasteiger partial charge in [-0.1, -0.05) is 12.2 Å². The van der Waals surface area contributed by atoms with Gasteiger partial charge in [0, 0.05) is 19.0 Å². The highest BCUT2D eigenvalue weighted by molar-refractivity contribution is 7.80. The minimum atomic E-state index is 0.561. The number of aryl methyl sites for hydroxylation is 1. The summed E-state index contributed by atoms with van der Waals surface area (Å²) in [7, 11) is 0. The minimum absolute atomic E-state index is 0.561. The monoisotopic (exact) mass is 236 g/mol. The number of hydrogen-bond acceptors (Lipinski definition) is 4. The molecule has 2 rings (SSSR count). The Hall–Kier alpha value is -1.23. The summed E-state index contributed by atoms with van der Waals surface area (Å²) in [6, 6.07) is 2.66. The van der Waals surface area contributed by atoms with Crippen LogP contribution in [0.3, 0.4) is 0 Å². The van der Waals surface area contributed by atoms with E-state index in [2.05, 4.69) is 21.2 Å². The fourth-order valence-electron chi connectivity index (χ4n) is 1.69. The third kappa shape index (κ3) is 2.88. The molecule has 16 heavy (non-hydrogen) atoms. The lowest BCUT2D eigenvalue weighted by atomic mass is 10.3. The third-order valence-corrected chi connectivity index (χ3v) is 2.86. The van der Waals surface area contributed by atoms with Crippen molar-refractivity contribution < 1.29 is 0 Å². The van der Waals surface area contributed by atoms with Crippen LogP contribution in [0.1, 0.15) is 24.8 Å². The van der Waals surface area contributed by atoms with E-state index < -0.39 is 0 Å². The van der Waals surface area contributed by atoms with Crippen LogP contribution in [0.25, 0.3) is 0 Å². The Kier molecular flexibility index (Phi) is 3.33. The lowest BCUT2D eigenvalue weighted by Crippen LogP contribution is -2.30. The van der Waals surface area contributed by atoms with Crippen LogP contribution in [0.15, 0.2) is 12.3 Å². The van der Waals surface area contributed by atoms with Crippen molar-refractivity contribution in [1.29, 1.82) is 0 Å². The highest BCUT2D eigenvalue weighted by Crippen LogP contribution is 2.30. The van der Waals surface area contributed by atoms with E-state index in [1.807, 2.05) is 6.92 Å². The second kappa shape index (κ2) is 4.74. The van der Waals surface area contributed by atoms with Gasteiger partial charge in [0.05, 0.1) is 11.2 Å². The smallest absolute Gasteiger partial charge is 0.151 e. The van der Waals surface area contributed by atoms with E-state index in [0.717, 1.165) is 24.3 Å². The first-order chi connectivity index (χ1) is 7.66. The molecule has 0 saturated heterocycles. The van der Waals surface area contributed by atoms with Crippen molar-refractivity contribution in [1.82, 2.24) is 10.2 Å². The predicted molar refractivity (Wildman–Crippen MR) is 68.5 cm³/mol. The van der Waals surface area contributed by atoms with E-state index in [-0.39, 0.29) is 0 Å². The Morgan fingerprint density at radius 2 is 2.38 bits per heavy atom. The molecule has 86 valence electrons. The summed E-state index contributed by atoms with van der Waals surface area (Å²) in [4.78, 5) is 2.82. The zero-order chi connectivity index (χ0) is 11.5. The summed E-state index contributed by atoms with van der Waals surface area (Å²) in [5.41, 5.74) is 6.67. The molecule has 1 aliphatic rings. The Labute approximate surface area is 101 Å². The molecule has 1 saturated carbocycles. The van der Waals surface area contributed by atoms with Crippen molar-refractivity contribution in [3.63, 3.8) is 0 Å². The number of aromatic nitrogens is 2. The lowest BCUT2D eigenvalue weighted by Gasteiger charge is -2.22. The number of rotatable bonds is 5. The van der Waals surface area contributed by atoms with Gasteiger partial charge >= 0.3 is 0 Å². The highest BCUT2D eigenvalue weighted by Gasteiger charge is 2.29. The lowest BCUT2D eigenvalue weighted by molar-refractivity contribution is 0.770. The topological polar surface area (TPSA) is 55.0 Å². The molecule has 1 fully saturated rings. The Balaban J connectivity index is 2.09. The predicted octanol–water partition coefficient (Wildman–Crippen LogP) is 1.43. The number of hydrogen-bond donors (Lipinski definition) is 1. The van der Waals surface area contributed by atoms with Gasteiger partial charge in [0.25, 0.3) is 0 Å². The van der Waals surface area contributed by atoms with Crippen molar-refractivity contribution in [3.05, 3.63) is 17.8 Å². The fraction of sp³-hybridized carbons (Fsp3) is 0.545. The maximum Gasteiger partial charge on any atom is 0.151 e. The number of nitrogens with two attached hydrogens (primary N) is 1. The summed E-state index contributed by atoms with van der Waals surface area (Å²) < 4.78 is 0. The molecule has 1 heterocycles. The summed E-state index contributed by atoms with van der Waals surface area (Å²) >= 11 is 4.91. The van der Waals surface area contributed by atoms with Gasteiger partial charge in [-0.3, -0.25) is 0 Å². The van der Waals surface area contributed by atoms with Gasteiger partial charge in [0.15, 0.2) is 5.82 Å². The summed E-state index contributed by atoms with van der Waals surface area (Å²) in [5.74, 6) is 0.943. The molecule has 4 nitrogen and oxygen atoms in total. The zero-order valence-corrected chi connectivity index (χ0v) is 10.2. The summed E-state index contributed by atoms with van der Waals surface area (Å²) in [5, 5.41) is 8.16. The Bertz CT molecular complexity index is 389. The van der Waals surface area contributed by atoms with Gasteiger partial charge in [-0.15, -0.1) is 5.10 Å². The van der Waals surface area contributed by atoms with Crippen LogP contribution in [0.5, 0.6) is 0 Å². The molecule has 1 aromatic rings. The van der Waals surface area contributed by atoms with Crippen molar-refractivity contribution >= 4 is 23.0 Å². The van der Waals surface area contributed by atoms with Gasteiger partial charge in [0.2, 0.25) is 0 Å². The second-order valence-electron chi connectivity index (χ2n) is 4.23. The molecule has 0 bridgehead atoms. The van der Waals surface area contributed by atoms with Crippen LogP contribution in [-0.2, 0) is 0 Å². The van der Waals surface area contributed by atoms with Gasteiger partial charge in [-0.2, -0.15) is 5.10 Å². The molecule has 0 atom stereocenters. The summed E-state index contributed by atoms with van der Waals surface area (Å²) in [6.45, 7) is 2.87. The number of thiocarbonyl (C=S) groups is 1. The molecule has 0 amide bonds. The van der Waals surface area contributed by atoms with Crippen LogP contribution in [0, 0.1) is 6.92 Å². The van der Waals surface area contributed by atoms with Gasteiger partial charge < -0.3 is 10.6 Å². The maximum atomic E-state index is 5.54. The van der Waals surface area contributed by atoms with Gasteiger partial charge in [-0.25, -0.2) is 0 Å². The first-order valence-corrected chi connectivity index (χ1v) is 5.92. The van der Waals surface area contributed by atoms with E-state index in [0.29, 0.717) is 11.0 Å². The Morgan fingerprint density at radius 1 is 1.62 bits per heavy atom. The molecule has 0 aromatic carbocycles. The molecule has 2 N–H and O–H groups in total. The van der Waals surface area contributed by atoms with Gasteiger partial charge in [0.1, 0.15) is 0 Å². The summed E-state index contributed by atoms with van der Waals surface area (Å²) in [6.07, 6.45) is 4.96. The molecule has 0 unspecified atom stereocenters. The number of anilines is 1. The first kappa shape index (κ1) is 11.3. The number of nitrogens with zero attached hydrogens (tertiary/aromatic N) is 3. The van der Waals surface area contributed by atoms with E-state index in [4.69, 9.17) is 18.0 Å². The van der Waals surface area contributed by atoms with E-state index in [1.165, 1.54) is 12.8 Å². The van der Waals surface area contributed by atoms with Crippen LogP contribution >= 0.6 is 12.2 Å². The average molecular weight is 236 g/mol. The van der Waals surface area contributed by atoms with E-state index in [1.54, 1.807) is 6.20 Å². The van der Waals surface area contributed by atoms with E-state index >= 15 is 0 Å². The molecular weight excluding hydrogens is 220 g/mol. The van der Waals surface area contributed by atoms with Gasteiger partial charge in [-0.05, 0) is 31.4 Å². The van der Waals surface area contributed by atoms with Crippen LogP contribution < -0.4 is 10.6 Å². The third-order valence-electron chi connectivity index (χ3n) is 2.66. The zero-order valence-electron chi connectivity index (χ0n) is 9.39. The highest BCUT2D eigenvalue weighted by atomic mass is 32.1. The van der Waals surface area contributed by atoms with Crippen LogP contribution in [0.4, 0.5) is 5.82 Å². The van der Waals surface area contributed by atoms with Crippen molar-refractivity contribution in [2.45, 2.75) is 32.2 Å². The minimum Gasteiger partial charge on any atom is -0.393 e. The SMILES string of the molecule is Cc1cnnc(N(CCC(N)=S)C2CC2)c1. The van der Waals surface area contributed by atoms with Crippen LogP contribution in [0.2, 0.25) is 0 Å². The average Bonchev–Trinajstić information content (AvgIpc) is 3.02. The maximum absolute atomic E-state index is 5.54. The molecule has 5 heteroatoms. The standard InChI is InChI=1S/C11H16N4S/c1-8-6-11(14-13-7-8)15(9-2-3-9)5-4-10(12)16/h6-7,9H,2-5H2,1H3,(H2,12,16). The largest absolute Gasteiger partial charge is 0.393 e. The second-order valence-corrected chi connectivity index (χ2v) is 4.76. The Morgan fingerprint density at radius 3 is 2.94 bits per heavy atom. The quantitative estimate of drug-likeness (QED) is 0.784. The van der Waals surface area contributed by atoms with Crippen molar-refractivity contribution in [2.24, 2.45) is 5.73 Å². The first-order valence-electron chi connectivity index (χ1n) is 5.51. The molecule has 1 aromatic heterocycles. The molecular formula is C11H16N4S. The molecule has 0 spiro atoms. The molecule has 0 aliphatic heterocycles. The normalized spacial score (nSPS) is 14.8.